The van der Waals surface area contributed by atoms with Crippen molar-refractivity contribution in [1.82, 2.24) is 30.7 Å². The quantitative estimate of drug-likeness (QED) is 0.320. The molecule has 0 atom stereocenters. The highest BCUT2D eigenvalue weighted by molar-refractivity contribution is 5.80. The lowest BCUT2D eigenvalue weighted by Gasteiger charge is -2.29. The number of alkyl carbamates (subject to hydrolysis) is 1. The molecule has 0 bridgehead atoms. The lowest BCUT2D eigenvalue weighted by Crippen LogP contribution is -2.54. The van der Waals surface area contributed by atoms with Crippen LogP contribution < -0.4 is 16.0 Å². The first-order valence-corrected chi connectivity index (χ1v) is 9.80. The van der Waals surface area contributed by atoms with Crippen LogP contribution in [0, 0.1) is 6.92 Å². The van der Waals surface area contributed by atoms with Crippen LogP contribution in [0.4, 0.5) is 4.79 Å². The Balaban J connectivity index is 2.70. The van der Waals surface area contributed by atoms with Crippen molar-refractivity contribution >= 4 is 12.1 Å². The molecule has 1 heterocycles. The maximum absolute atomic E-state index is 12.1. The van der Waals surface area contributed by atoms with E-state index in [1.54, 1.807) is 7.11 Å². The van der Waals surface area contributed by atoms with Gasteiger partial charge in [0.05, 0.1) is 5.54 Å². The number of carbonyl (C=O) groups is 1. The highest BCUT2D eigenvalue weighted by atomic mass is 16.6. The van der Waals surface area contributed by atoms with Crippen LogP contribution in [0.2, 0.25) is 0 Å². The van der Waals surface area contributed by atoms with Gasteiger partial charge in [-0.05, 0) is 48.0 Å². The molecule has 1 aromatic heterocycles. The van der Waals surface area contributed by atoms with Crippen LogP contribution in [0.1, 0.15) is 52.7 Å². The molecule has 10 heteroatoms. The molecule has 10 nitrogen and oxygen atoms in total. The lowest BCUT2D eigenvalue weighted by atomic mass is 10.1. The summed E-state index contributed by atoms with van der Waals surface area (Å²) in [5.41, 5.74) is -1.09. The molecule has 0 fully saturated rings. The molecule has 1 aromatic rings. The zero-order valence-corrected chi connectivity index (χ0v) is 19.0. The Morgan fingerprint density at radius 1 is 1.17 bits per heavy atom. The van der Waals surface area contributed by atoms with E-state index < -0.39 is 17.2 Å². The van der Waals surface area contributed by atoms with E-state index in [1.165, 1.54) is 0 Å². The fraction of sp³-hybridized carbons (Fsp3) is 0.789. The largest absolute Gasteiger partial charge is 0.444 e. The molecule has 0 aliphatic rings. The van der Waals surface area contributed by atoms with Crippen molar-refractivity contribution in [3.8, 4) is 0 Å². The Hall–Kier alpha value is -2.36. The first kappa shape index (κ1) is 24.7. The van der Waals surface area contributed by atoms with Crippen LogP contribution in [-0.4, -0.2) is 64.8 Å². The number of hydrogen-bond donors (Lipinski definition) is 3. The zero-order valence-electron chi connectivity index (χ0n) is 19.0. The Morgan fingerprint density at radius 3 is 2.41 bits per heavy atom. The average Bonchev–Trinajstić information content (AvgIpc) is 2.90. The van der Waals surface area contributed by atoms with E-state index in [2.05, 4.69) is 31.1 Å². The highest BCUT2D eigenvalue weighted by Gasteiger charge is 2.24. The minimum atomic E-state index is -0.544. The molecule has 29 heavy (non-hydrogen) atoms. The van der Waals surface area contributed by atoms with E-state index in [1.807, 2.05) is 53.2 Å². The predicted octanol–water partition coefficient (Wildman–Crippen LogP) is 1.50. The molecule has 0 spiro atoms. The first-order valence-electron chi connectivity index (χ1n) is 9.80. The number of aliphatic imine (C=N–C) groups is 1. The molecular formula is C19H37N7O3. The number of nitrogens with one attached hydrogen (secondary N) is 3. The molecule has 0 aliphatic carbocycles. The number of carbonyl (C=O) groups excluding carboxylic acids is 1. The average molecular weight is 412 g/mol. The van der Waals surface area contributed by atoms with Gasteiger partial charge >= 0.3 is 6.09 Å². The van der Waals surface area contributed by atoms with Crippen LogP contribution in [-0.2, 0) is 23.1 Å². The third-order valence-electron chi connectivity index (χ3n) is 3.92. The van der Waals surface area contributed by atoms with Gasteiger partial charge in [0, 0.05) is 33.9 Å². The third kappa shape index (κ3) is 10.1. The second-order valence-corrected chi connectivity index (χ2v) is 8.52. The van der Waals surface area contributed by atoms with Gasteiger partial charge in [-0.3, -0.25) is 0 Å². The number of aryl methyl sites for hydroxylation is 1. The minimum Gasteiger partial charge on any atom is -0.444 e. The van der Waals surface area contributed by atoms with E-state index >= 15 is 0 Å². The van der Waals surface area contributed by atoms with Gasteiger partial charge in [-0.1, -0.05) is 0 Å². The van der Waals surface area contributed by atoms with Gasteiger partial charge < -0.3 is 30.0 Å². The van der Waals surface area contributed by atoms with Gasteiger partial charge in [-0.2, -0.15) is 0 Å². The zero-order chi connectivity index (χ0) is 22.1. The number of aromatic nitrogens is 3. The van der Waals surface area contributed by atoms with Gasteiger partial charge in [0.15, 0.2) is 11.8 Å². The summed E-state index contributed by atoms with van der Waals surface area (Å²) >= 11 is 0. The number of amides is 1. The van der Waals surface area contributed by atoms with Crippen LogP contribution >= 0.6 is 0 Å². The number of hydrogen-bond acceptors (Lipinski definition) is 6. The number of guanidine groups is 1. The summed E-state index contributed by atoms with van der Waals surface area (Å²) in [6.45, 7) is 13.4. The first-order chi connectivity index (χ1) is 13.4. The molecule has 0 aliphatic heterocycles. The van der Waals surface area contributed by atoms with Crippen LogP contribution in [0.25, 0.3) is 0 Å². The fourth-order valence-electron chi connectivity index (χ4n) is 2.26. The molecule has 0 unspecified atom stereocenters. The van der Waals surface area contributed by atoms with Crippen molar-refractivity contribution in [2.75, 3.05) is 26.8 Å². The van der Waals surface area contributed by atoms with Gasteiger partial charge in [0.2, 0.25) is 0 Å². The number of methoxy groups -OCH3 is 1. The summed E-state index contributed by atoms with van der Waals surface area (Å²) in [5, 5.41) is 17.6. The van der Waals surface area contributed by atoms with Crippen molar-refractivity contribution in [3.63, 3.8) is 0 Å². The fourth-order valence-corrected chi connectivity index (χ4v) is 2.26. The molecule has 1 rings (SSSR count). The lowest BCUT2D eigenvalue weighted by molar-refractivity contribution is 0.0474. The van der Waals surface area contributed by atoms with Gasteiger partial charge in [-0.25, -0.2) is 9.79 Å². The van der Waals surface area contributed by atoms with Crippen molar-refractivity contribution in [3.05, 3.63) is 11.6 Å². The summed E-state index contributed by atoms with van der Waals surface area (Å²) in [6.07, 6.45) is 0.394. The highest BCUT2D eigenvalue weighted by Crippen LogP contribution is 2.09. The standard InChI is InChI=1S/C19H37N7O3/c1-14-24-25-15(26(14)7)12-21-16(20-10-9-11-28-8)22-13-19(5,6)23-17(27)29-18(2,3)4/h9-13H2,1-8H3,(H,23,27)(H2,20,21,22). The van der Waals surface area contributed by atoms with E-state index in [-0.39, 0.29) is 0 Å². The molecule has 3 N–H and O–H groups in total. The van der Waals surface area contributed by atoms with E-state index in [0.717, 1.165) is 18.1 Å². The van der Waals surface area contributed by atoms with Crippen molar-refractivity contribution < 1.29 is 14.3 Å². The monoisotopic (exact) mass is 411 g/mol. The Morgan fingerprint density at radius 2 is 1.86 bits per heavy atom. The van der Waals surface area contributed by atoms with E-state index in [9.17, 15) is 4.79 Å². The van der Waals surface area contributed by atoms with Crippen LogP contribution in [0.15, 0.2) is 4.99 Å². The molecular weight excluding hydrogens is 374 g/mol. The molecule has 0 radical (unpaired) electrons. The normalized spacial score (nSPS) is 12.6. The van der Waals surface area contributed by atoms with Crippen LogP contribution in [0.5, 0.6) is 0 Å². The molecule has 1 amide bonds. The van der Waals surface area contributed by atoms with Gasteiger partial charge in [0.25, 0.3) is 0 Å². The number of ether oxygens (including phenoxy) is 2. The number of rotatable bonds is 9. The summed E-state index contributed by atoms with van der Waals surface area (Å²) in [7, 11) is 3.59. The summed E-state index contributed by atoms with van der Waals surface area (Å²) < 4.78 is 12.3. The van der Waals surface area contributed by atoms with Crippen molar-refractivity contribution in [1.29, 1.82) is 0 Å². The molecule has 0 saturated heterocycles. The maximum atomic E-state index is 12.1. The van der Waals surface area contributed by atoms with Crippen molar-refractivity contribution in [2.24, 2.45) is 12.0 Å². The van der Waals surface area contributed by atoms with Gasteiger partial charge in [0.1, 0.15) is 18.0 Å². The van der Waals surface area contributed by atoms with E-state index in [0.29, 0.717) is 32.2 Å². The Kier molecular flexibility index (Phi) is 9.35. The minimum absolute atomic E-state index is 0.386. The Labute approximate surface area is 173 Å². The summed E-state index contributed by atoms with van der Waals surface area (Å²) in [4.78, 5) is 16.7. The van der Waals surface area contributed by atoms with Gasteiger partial charge in [-0.15, -0.1) is 10.2 Å². The third-order valence-corrected chi connectivity index (χ3v) is 3.92. The summed E-state index contributed by atoms with van der Waals surface area (Å²) in [6, 6.07) is 0. The number of nitrogens with zero attached hydrogens (tertiary/aromatic N) is 4. The second kappa shape index (κ2) is 11.0. The molecule has 166 valence electrons. The summed E-state index contributed by atoms with van der Waals surface area (Å²) in [5.74, 6) is 2.23. The predicted molar refractivity (Wildman–Crippen MR) is 113 cm³/mol. The van der Waals surface area contributed by atoms with Crippen LogP contribution in [0.3, 0.4) is 0 Å². The van der Waals surface area contributed by atoms with E-state index in [4.69, 9.17) is 9.47 Å². The Bertz CT molecular complexity index is 678. The molecule has 0 aromatic carbocycles. The molecule has 0 saturated carbocycles. The maximum Gasteiger partial charge on any atom is 0.408 e. The second-order valence-electron chi connectivity index (χ2n) is 8.52. The van der Waals surface area contributed by atoms with Crippen molar-refractivity contribution in [2.45, 2.75) is 65.6 Å². The SMILES string of the molecule is COCCCNC(=NCc1nnc(C)n1C)NCC(C)(C)NC(=O)OC(C)(C)C. The topological polar surface area (TPSA) is 115 Å². The smallest absolute Gasteiger partial charge is 0.408 e.